The van der Waals surface area contributed by atoms with Crippen LogP contribution in [0.1, 0.15) is 45.1 Å². The van der Waals surface area contributed by atoms with Crippen molar-refractivity contribution >= 4 is 5.95 Å². The van der Waals surface area contributed by atoms with Crippen molar-refractivity contribution in [3.8, 4) is 5.88 Å². The molecule has 0 aromatic carbocycles. The maximum absolute atomic E-state index is 5.98. The second kappa shape index (κ2) is 5.10. The van der Waals surface area contributed by atoms with E-state index in [9.17, 15) is 0 Å². The van der Waals surface area contributed by atoms with Crippen LogP contribution in [-0.4, -0.2) is 16.1 Å². The van der Waals surface area contributed by atoms with Gasteiger partial charge in [-0.1, -0.05) is 13.8 Å². The summed E-state index contributed by atoms with van der Waals surface area (Å²) in [6.45, 7) is 6.58. The van der Waals surface area contributed by atoms with Gasteiger partial charge in [0.05, 0.1) is 0 Å². The van der Waals surface area contributed by atoms with E-state index >= 15 is 0 Å². The summed E-state index contributed by atoms with van der Waals surface area (Å²) in [5.41, 5.74) is 3.84. The maximum atomic E-state index is 5.98. The Morgan fingerprint density at radius 1 is 1.39 bits per heavy atom. The molecule has 18 heavy (non-hydrogen) atoms. The number of ether oxygens (including phenoxy) is 1. The van der Waals surface area contributed by atoms with Gasteiger partial charge in [0.15, 0.2) is 0 Å². The molecule has 0 spiro atoms. The Morgan fingerprint density at radius 2 is 2.06 bits per heavy atom. The Hall–Kier alpha value is -1.36. The van der Waals surface area contributed by atoms with Crippen molar-refractivity contribution in [3.05, 3.63) is 11.8 Å². The number of nitrogen functional groups attached to an aromatic ring is 1. The van der Waals surface area contributed by atoms with E-state index in [1.807, 2.05) is 6.92 Å². The molecular weight excluding hydrogens is 228 g/mol. The SMILES string of the molecule is Cc1cnc(NN)nc1OC1CCC(C)(C)CC1. The van der Waals surface area contributed by atoms with Crippen LogP contribution in [0.4, 0.5) is 5.95 Å². The number of nitrogens with one attached hydrogen (secondary N) is 1. The van der Waals surface area contributed by atoms with Gasteiger partial charge in [0.2, 0.25) is 11.8 Å². The fourth-order valence-electron chi connectivity index (χ4n) is 2.26. The molecule has 5 heteroatoms. The summed E-state index contributed by atoms with van der Waals surface area (Å²) in [4.78, 5) is 8.30. The van der Waals surface area contributed by atoms with Crippen LogP contribution in [0.2, 0.25) is 0 Å². The molecule has 1 aromatic heterocycles. The van der Waals surface area contributed by atoms with E-state index in [0.717, 1.165) is 18.4 Å². The van der Waals surface area contributed by atoms with Crippen LogP contribution in [0.25, 0.3) is 0 Å². The van der Waals surface area contributed by atoms with Crippen LogP contribution in [0.5, 0.6) is 5.88 Å². The van der Waals surface area contributed by atoms with Gasteiger partial charge in [-0.15, -0.1) is 0 Å². The molecule has 1 aliphatic carbocycles. The van der Waals surface area contributed by atoms with E-state index in [0.29, 0.717) is 17.2 Å². The van der Waals surface area contributed by atoms with Crippen molar-refractivity contribution in [2.75, 3.05) is 5.43 Å². The molecule has 3 N–H and O–H groups in total. The van der Waals surface area contributed by atoms with E-state index in [4.69, 9.17) is 10.6 Å². The van der Waals surface area contributed by atoms with Crippen molar-refractivity contribution in [1.29, 1.82) is 0 Å². The number of anilines is 1. The van der Waals surface area contributed by atoms with Gasteiger partial charge in [0.25, 0.3) is 0 Å². The van der Waals surface area contributed by atoms with Gasteiger partial charge in [-0.2, -0.15) is 4.98 Å². The molecule has 0 aliphatic heterocycles. The van der Waals surface area contributed by atoms with E-state index in [1.165, 1.54) is 12.8 Å². The zero-order valence-electron chi connectivity index (χ0n) is 11.4. The molecule has 1 aliphatic rings. The molecule has 1 heterocycles. The lowest BCUT2D eigenvalue weighted by molar-refractivity contribution is 0.0942. The quantitative estimate of drug-likeness (QED) is 0.636. The van der Waals surface area contributed by atoms with Crippen LogP contribution in [0.3, 0.4) is 0 Å². The van der Waals surface area contributed by atoms with Crippen molar-refractivity contribution in [2.45, 2.75) is 52.6 Å². The molecule has 100 valence electrons. The summed E-state index contributed by atoms with van der Waals surface area (Å²) in [7, 11) is 0. The van der Waals surface area contributed by atoms with Gasteiger partial charge in [-0.25, -0.2) is 10.8 Å². The summed E-state index contributed by atoms with van der Waals surface area (Å²) < 4.78 is 5.98. The highest BCUT2D eigenvalue weighted by atomic mass is 16.5. The predicted molar refractivity (Wildman–Crippen MR) is 71.2 cm³/mol. The first kappa shape index (κ1) is 13.1. The van der Waals surface area contributed by atoms with E-state index in [1.54, 1.807) is 6.20 Å². The number of nitrogens with zero attached hydrogens (tertiary/aromatic N) is 2. The number of hydrogen-bond donors (Lipinski definition) is 2. The van der Waals surface area contributed by atoms with Crippen LogP contribution >= 0.6 is 0 Å². The molecule has 0 amide bonds. The summed E-state index contributed by atoms with van der Waals surface area (Å²) >= 11 is 0. The number of aryl methyl sites for hydroxylation is 1. The molecule has 0 bridgehead atoms. The molecule has 2 rings (SSSR count). The minimum atomic E-state index is 0.261. The Labute approximate surface area is 108 Å². The van der Waals surface area contributed by atoms with Crippen molar-refractivity contribution in [1.82, 2.24) is 9.97 Å². The topological polar surface area (TPSA) is 73.1 Å². The highest BCUT2D eigenvalue weighted by Gasteiger charge is 2.28. The zero-order chi connectivity index (χ0) is 13.2. The Bertz CT molecular complexity index is 409. The van der Waals surface area contributed by atoms with E-state index < -0.39 is 0 Å². The second-order valence-electron chi connectivity index (χ2n) is 5.81. The molecule has 0 unspecified atom stereocenters. The monoisotopic (exact) mass is 250 g/mol. The van der Waals surface area contributed by atoms with Gasteiger partial charge < -0.3 is 4.74 Å². The Balaban J connectivity index is 2.01. The lowest BCUT2D eigenvalue weighted by Gasteiger charge is -2.34. The largest absolute Gasteiger partial charge is 0.474 e. The fraction of sp³-hybridized carbons (Fsp3) is 0.692. The first-order valence-corrected chi connectivity index (χ1v) is 6.47. The number of hydrogen-bond acceptors (Lipinski definition) is 5. The highest BCUT2D eigenvalue weighted by molar-refractivity contribution is 5.31. The summed E-state index contributed by atoms with van der Waals surface area (Å²) in [5, 5.41) is 0. The zero-order valence-corrected chi connectivity index (χ0v) is 11.4. The molecule has 1 fully saturated rings. The number of aromatic nitrogens is 2. The van der Waals surface area contributed by atoms with Crippen LogP contribution < -0.4 is 16.0 Å². The van der Waals surface area contributed by atoms with Gasteiger partial charge in [0, 0.05) is 11.8 Å². The van der Waals surface area contributed by atoms with E-state index in [-0.39, 0.29) is 6.10 Å². The third-order valence-electron chi connectivity index (χ3n) is 3.62. The number of rotatable bonds is 3. The molecule has 1 aromatic rings. The van der Waals surface area contributed by atoms with Gasteiger partial charge >= 0.3 is 0 Å². The molecule has 5 nitrogen and oxygen atoms in total. The third-order valence-corrected chi connectivity index (χ3v) is 3.62. The van der Waals surface area contributed by atoms with Crippen molar-refractivity contribution in [2.24, 2.45) is 11.3 Å². The molecule has 0 atom stereocenters. The van der Waals surface area contributed by atoms with Gasteiger partial charge in [0.1, 0.15) is 6.10 Å². The summed E-state index contributed by atoms with van der Waals surface area (Å²) in [5.74, 6) is 6.34. The fourth-order valence-corrected chi connectivity index (χ4v) is 2.26. The maximum Gasteiger partial charge on any atom is 0.240 e. The first-order chi connectivity index (χ1) is 8.50. The molecule has 0 saturated heterocycles. The Kier molecular flexibility index (Phi) is 3.71. The Morgan fingerprint density at radius 3 is 2.67 bits per heavy atom. The van der Waals surface area contributed by atoms with Crippen LogP contribution in [-0.2, 0) is 0 Å². The van der Waals surface area contributed by atoms with E-state index in [2.05, 4.69) is 29.2 Å². The van der Waals surface area contributed by atoms with Gasteiger partial charge in [-0.05, 0) is 38.0 Å². The highest BCUT2D eigenvalue weighted by Crippen LogP contribution is 2.36. The first-order valence-electron chi connectivity index (χ1n) is 6.47. The molecular formula is C13H22N4O. The molecule has 0 radical (unpaired) electrons. The normalized spacial score (nSPS) is 19.6. The lowest BCUT2D eigenvalue weighted by Crippen LogP contribution is -2.29. The number of hydrazine groups is 1. The molecule has 1 saturated carbocycles. The second-order valence-corrected chi connectivity index (χ2v) is 5.81. The minimum absolute atomic E-state index is 0.261. The summed E-state index contributed by atoms with van der Waals surface area (Å²) in [6, 6.07) is 0. The minimum Gasteiger partial charge on any atom is -0.474 e. The number of nitrogens with two attached hydrogens (primary N) is 1. The van der Waals surface area contributed by atoms with Crippen LogP contribution in [0.15, 0.2) is 6.20 Å². The average Bonchev–Trinajstić information content (AvgIpc) is 2.34. The lowest BCUT2D eigenvalue weighted by atomic mass is 9.76. The van der Waals surface area contributed by atoms with Crippen molar-refractivity contribution in [3.63, 3.8) is 0 Å². The summed E-state index contributed by atoms with van der Waals surface area (Å²) in [6.07, 6.45) is 6.55. The standard InChI is InChI=1S/C13H22N4O/c1-9-8-15-12(17-14)16-11(9)18-10-4-6-13(2,3)7-5-10/h8,10H,4-7,14H2,1-3H3,(H,15,16,17). The van der Waals surface area contributed by atoms with Gasteiger partial charge in [-0.3, -0.25) is 5.43 Å². The predicted octanol–water partition coefficient (Wildman–Crippen LogP) is 2.42. The average molecular weight is 250 g/mol. The third kappa shape index (κ3) is 3.10. The van der Waals surface area contributed by atoms with Crippen molar-refractivity contribution < 1.29 is 4.74 Å². The van der Waals surface area contributed by atoms with Crippen LogP contribution in [0, 0.1) is 12.3 Å². The smallest absolute Gasteiger partial charge is 0.240 e.